The molecule has 0 aliphatic heterocycles. The Labute approximate surface area is 146 Å². The van der Waals surface area contributed by atoms with Crippen molar-refractivity contribution in [2.45, 2.75) is 20.4 Å². The fourth-order valence-corrected chi connectivity index (χ4v) is 2.29. The van der Waals surface area contributed by atoms with Crippen molar-refractivity contribution in [1.29, 1.82) is 0 Å². The average molecular weight is 333 g/mol. The van der Waals surface area contributed by atoms with Gasteiger partial charge in [-0.2, -0.15) is 0 Å². The van der Waals surface area contributed by atoms with E-state index in [2.05, 4.69) is 25.6 Å². The van der Waals surface area contributed by atoms with Gasteiger partial charge < -0.3 is 10.6 Å². The number of benzene rings is 1. The Morgan fingerprint density at radius 2 is 1.80 bits per heavy atom. The van der Waals surface area contributed by atoms with Gasteiger partial charge in [0.25, 0.3) is 5.91 Å². The smallest absolute Gasteiger partial charge is 0.258 e. The average Bonchev–Trinajstić information content (AvgIpc) is 2.65. The summed E-state index contributed by atoms with van der Waals surface area (Å²) in [6, 6.07) is 11.5. The van der Waals surface area contributed by atoms with Crippen LogP contribution >= 0.6 is 0 Å². The predicted octanol–water partition coefficient (Wildman–Crippen LogP) is 3.35. The first-order valence-electron chi connectivity index (χ1n) is 7.97. The summed E-state index contributed by atoms with van der Waals surface area (Å²) in [4.78, 5) is 24.9. The van der Waals surface area contributed by atoms with Crippen LogP contribution in [0.1, 0.15) is 27.2 Å². The molecule has 2 aromatic heterocycles. The number of carbonyl (C=O) groups is 1. The van der Waals surface area contributed by atoms with Crippen LogP contribution in [0.3, 0.4) is 0 Å². The van der Waals surface area contributed by atoms with Crippen LogP contribution in [-0.2, 0) is 6.54 Å². The monoisotopic (exact) mass is 333 g/mol. The molecule has 1 amide bonds. The van der Waals surface area contributed by atoms with Crippen LogP contribution in [0.5, 0.6) is 0 Å². The highest BCUT2D eigenvalue weighted by Gasteiger charge is 2.10. The van der Waals surface area contributed by atoms with E-state index in [1.807, 2.05) is 50.2 Å². The number of nitrogens with one attached hydrogen (secondary N) is 2. The Hall–Kier alpha value is -3.28. The van der Waals surface area contributed by atoms with Crippen molar-refractivity contribution in [3.05, 3.63) is 77.4 Å². The van der Waals surface area contributed by atoms with E-state index in [1.54, 1.807) is 6.20 Å². The molecular formula is C19H19N5O. The van der Waals surface area contributed by atoms with Gasteiger partial charge in [0.2, 0.25) is 5.95 Å². The fourth-order valence-electron chi connectivity index (χ4n) is 2.29. The Morgan fingerprint density at radius 1 is 1.00 bits per heavy atom. The largest absolute Gasteiger partial charge is 0.349 e. The number of hydrogen-bond acceptors (Lipinski definition) is 5. The number of nitrogens with zero attached hydrogens (tertiary/aromatic N) is 3. The van der Waals surface area contributed by atoms with Crippen LogP contribution in [0.15, 0.2) is 55.0 Å². The molecule has 6 nitrogen and oxygen atoms in total. The molecule has 126 valence electrons. The summed E-state index contributed by atoms with van der Waals surface area (Å²) in [5.41, 5.74) is 4.27. The van der Waals surface area contributed by atoms with E-state index < -0.39 is 0 Å². The van der Waals surface area contributed by atoms with Crippen LogP contribution in [-0.4, -0.2) is 20.9 Å². The van der Waals surface area contributed by atoms with Gasteiger partial charge in [-0.1, -0.05) is 18.2 Å². The molecule has 0 spiro atoms. The molecule has 0 bridgehead atoms. The van der Waals surface area contributed by atoms with Crippen LogP contribution in [0, 0.1) is 13.8 Å². The molecule has 25 heavy (non-hydrogen) atoms. The minimum atomic E-state index is -0.232. The minimum Gasteiger partial charge on any atom is -0.349 e. The molecule has 0 unspecified atom stereocenters. The topological polar surface area (TPSA) is 79.8 Å². The molecule has 0 aliphatic rings. The molecule has 0 atom stereocenters. The second-order valence-electron chi connectivity index (χ2n) is 5.67. The van der Waals surface area contributed by atoms with Crippen molar-refractivity contribution in [1.82, 2.24) is 15.0 Å². The summed E-state index contributed by atoms with van der Waals surface area (Å²) >= 11 is 0. The third kappa shape index (κ3) is 4.17. The Bertz CT molecular complexity index is 863. The SMILES string of the molecule is Cc1cccc(NC(=O)c2cnc(NCc3ccccn3)nc2)c1C. The number of carbonyl (C=O) groups excluding carboxylic acids is 1. The van der Waals surface area contributed by atoms with Gasteiger partial charge in [-0.3, -0.25) is 9.78 Å². The van der Waals surface area contributed by atoms with Gasteiger partial charge in [-0.15, -0.1) is 0 Å². The van der Waals surface area contributed by atoms with Crippen LogP contribution in [0.25, 0.3) is 0 Å². The van der Waals surface area contributed by atoms with Crippen LogP contribution in [0.2, 0.25) is 0 Å². The molecule has 3 rings (SSSR count). The molecule has 0 aliphatic carbocycles. The summed E-state index contributed by atoms with van der Waals surface area (Å²) in [6.45, 7) is 4.51. The molecule has 2 N–H and O–H groups in total. The lowest BCUT2D eigenvalue weighted by Gasteiger charge is -2.10. The first-order valence-corrected chi connectivity index (χ1v) is 7.97. The first kappa shape index (κ1) is 16.6. The van der Waals surface area contributed by atoms with E-state index in [-0.39, 0.29) is 5.91 Å². The molecule has 2 heterocycles. The molecule has 3 aromatic rings. The number of rotatable bonds is 5. The number of hydrogen-bond donors (Lipinski definition) is 2. The summed E-state index contributed by atoms with van der Waals surface area (Å²) in [6.07, 6.45) is 4.75. The number of aromatic nitrogens is 3. The second kappa shape index (κ2) is 7.53. The highest BCUT2D eigenvalue weighted by atomic mass is 16.1. The normalized spacial score (nSPS) is 10.3. The van der Waals surface area contributed by atoms with E-state index >= 15 is 0 Å². The summed E-state index contributed by atoms with van der Waals surface area (Å²) in [7, 11) is 0. The minimum absolute atomic E-state index is 0.232. The maximum absolute atomic E-state index is 12.3. The predicted molar refractivity (Wildman–Crippen MR) is 97.5 cm³/mol. The third-order valence-electron chi connectivity index (χ3n) is 3.92. The van der Waals surface area contributed by atoms with Crippen LogP contribution in [0.4, 0.5) is 11.6 Å². The van der Waals surface area contributed by atoms with E-state index in [0.717, 1.165) is 22.5 Å². The lowest BCUT2D eigenvalue weighted by Crippen LogP contribution is -2.14. The lowest BCUT2D eigenvalue weighted by atomic mass is 10.1. The van der Waals surface area contributed by atoms with E-state index in [4.69, 9.17) is 0 Å². The van der Waals surface area contributed by atoms with Gasteiger partial charge >= 0.3 is 0 Å². The highest BCUT2D eigenvalue weighted by molar-refractivity contribution is 6.04. The summed E-state index contributed by atoms with van der Waals surface area (Å²) in [5.74, 6) is 0.221. The van der Waals surface area contributed by atoms with Gasteiger partial charge in [0.1, 0.15) is 0 Å². The van der Waals surface area contributed by atoms with E-state index in [1.165, 1.54) is 12.4 Å². The molecule has 0 saturated heterocycles. The standard InChI is InChI=1S/C19H19N5O/c1-13-6-5-8-17(14(13)2)24-18(25)15-10-21-19(22-11-15)23-12-16-7-3-4-9-20-16/h3-11H,12H2,1-2H3,(H,24,25)(H,21,22,23). The molecule has 1 aromatic carbocycles. The summed E-state index contributed by atoms with van der Waals surface area (Å²) in [5, 5.41) is 5.97. The highest BCUT2D eigenvalue weighted by Crippen LogP contribution is 2.18. The Morgan fingerprint density at radius 3 is 2.52 bits per heavy atom. The molecule has 0 fully saturated rings. The molecule has 0 radical (unpaired) electrons. The van der Waals surface area contributed by atoms with Crippen molar-refractivity contribution in [3.8, 4) is 0 Å². The maximum Gasteiger partial charge on any atom is 0.258 e. The number of aryl methyl sites for hydroxylation is 1. The molecular weight excluding hydrogens is 314 g/mol. The van der Waals surface area contributed by atoms with Crippen molar-refractivity contribution < 1.29 is 4.79 Å². The quantitative estimate of drug-likeness (QED) is 0.748. The van der Waals surface area contributed by atoms with Gasteiger partial charge in [-0.05, 0) is 43.2 Å². The van der Waals surface area contributed by atoms with Crippen LogP contribution < -0.4 is 10.6 Å². The van der Waals surface area contributed by atoms with Gasteiger partial charge in [0.15, 0.2) is 0 Å². The third-order valence-corrected chi connectivity index (χ3v) is 3.92. The molecule has 0 saturated carbocycles. The molecule has 6 heteroatoms. The maximum atomic E-state index is 12.3. The number of anilines is 2. The zero-order valence-corrected chi connectivity index (χ0v) is 14.2. The summed E-state index contributed by atoms with van der Waals surface area (Å²) < 4.78 is 0. The van der Waals surface area contributed by atoms with Gasteiger partial charge in [0, 0.05) is 24.3 Å². The Balaban J connectivity index is 1.63. The lowest BCUT2D eigenvalue weighted by molar-refractivity contribution is 0.102. The fraction of sp³-hybridized carbons (Fsp3) is 0.158. The van der Waals surface area contributed by atoms with Gasteiger partial charge in [0.05, 0.1) is 17.8 Å². The number of pyridine rings is 1. The second-order valence-corrected chi connectivity index (χ2v) is 5.67. The zero-order valence-electron chi connectivity index (χ0n) is 14.2. The van der Waals surface area contributed by atoms with Crippen molar-refractivity contribution in [2.24, 2.45) is 0 Å². The Kier molecular flexibility index (Phi) is 4.99. The number of amides is 1. The zero-order chi connectivity index (χ0) is 17.6. The first-order chi connectivity index (χ1) is 12.1. The van der Waals surface area contributed by atoms with E-state index in [0.29, 0.717) is 18.1 Å². The van der Waals surface area contributed by atoms with Crippen molar-refractivity contribution in [2.75, 3.05) is 10.6 Å². The van der Waals surface area contributed by atoms with Crippen molar-refractivity contribution >= 4 is 17.5 Å². The van der Waals surface area contributed by atoms with Crippen molar-refractivity contribution in [3.63, 3.8) is 0 Å². The van der Waals surface area contributed by atoms with E-state index in [9.17, 15) is 4.79 Å². The van der Waals surface area contributed by atoms with Gasteiger partial charge in [-0.25, -0.2) is 9.97 Å².